The lowest BCUT2D eigenvalue weighted by molar-refractivity contribution is -0.116. The van der Waals surface area contributed by atoms with E-state index in [-0.39, 0.29) is 24.1 Å². The minimum atomic E-state index is -0.454. The zero-order valence-electron chi connectivity index (χ0n) is 16.3. The molecule has 0 bridgehead atoms. The summed E-state index contributed by atoms with van der Waals surface area (Å²) in [5.41, 5.74) is 1.87. The van der Waals surface area contributed by atoms with Crippen LogP contribution in [-0.2, 0) is 11.3 Å². The summed E-state index contributed by atoms with van der Waals surface area (Å²) in [6.45, 7) is 5.35. The Morgan fingerprint density at radius 2 is 1.97 bits per heavy atom. The van der Waals surface area contributed by atoms with Gasteiger partial charge in [-0.3, -0.25) is 19.0 Å². The number of fused-ring (bicyclic) bond motifs is 1. The number of amides is 2. The third-order valence-corrected chi connectivity index (χ3v) is 4.62. The summed E-state index contributed by atoms with van der Waals surface area (Å²) in [4.78, 5) is 41.6. The maximum Gasteiger partial charge on any atom is 0.261 e. The lowest BCUT2D eigenvalue weighted by Crippen LogP contribution is -2.30. The fraction of sp³-hybridized carbons (Fsp3) is 0.238. The summed E-state index contributed by atoms with van der Waals surface area (Å²) in [7, 11) is 0. The molecule has 1 heterocycles. The van der Waals surface area contributed by atoms with Crippen molar-refractivity contribution in [3.05, 3.63) is 69.2 Å². The van der Waals surface area contributed by atoms with Crippen LogP contribution in [0.15, 0.2) is 47.5 Å². The first-order chi connectivity index (χ1) is 13.8. The van der Waals surface area contributed by atoms with E-state index in [1.807, 2.05) is 26.8 Å². The second-order valence-electron chi connectivity index (χ2n) is 7.02. The van der Waals surface area contributed by atoms with Crippen LogP contribution in [0.3, 0.4) is 0 Å². The van der Waals surface area contributed by atoms with Gasteiger partial charge in [0.05, 0.1) is 27.9 Å². The van der Waals surface area contributed by atoms with Crippen LogP contribution in [0.1, 0.15) is 29.8 Å². The van der Waals surface area contributed by atoms with Crippen molar-refractivity contribution in [3.63, 3.8) is 0 Å². The summed E-state index contributed by atoms with van der Waals surface area (Å²) in [6, 6.07) is 9.93. The maximum atomic E-state index is 12.6. The molecule has 0 saturated carbocycles. The van der Waals surface area contributed by atoms with Crippen LogP contribution < -0.4 is 16.2 Å². The zero-order valence-corrected chi connectivity index (χ0v) is 17.1. The highest BCUT2D eigenvalue weighted by molar-refractivity contribution is 6.33. The Morgan fingerprint density at radius 1 is 1.21 bits per heavy atom. The Labute approximate surface area is 172 Å². The number of halogens is 1. The van der Waals surface area contributed by atoms with Gasteiger partial charge in [-0.25, -0.2) is 4.98 Å². The number of anilines is 1. The van der Waals surface area contributed by atoms with Gasteiger partial charge in [-0.2, -0.15) is 0 Å². The van der Waals surface area contributed by atoms with Gasteiger partial charge in [-0.1, -0.05) is 23.7 Å². The first-order valence-corrected chi connectivity index (χ1v) is 9.49. The van der Waals surface area contributed by atoms with Crippen molar-refractivity contribution < 1.29 is 9.59 Å². The Hall–Kier alpha value is -3.19. The second kappa shape index (κ2) is 8.45. The Bertz CT molecular complexity index is 1150. The van der Waals surface area contributed by atoms with Gasteiger partial charge < -0.3 is 10.6 Å². The number of hydrogen-bond acceptors (Lipinski definition) is 4. The Balaban J connectivity index is 1.81. The number of benzene rings is 2. The fourth-order valence-electron chi connectivity index (χ4n) is 2.90. The number of rotatable bonds is 5. The molecule has 0 fully saturated rings. The minimum absolute atomic E-state index is 0.0212. The first kappa shape index (κ1) is 20.5. The third kappa shape index (κ3) is 4.63. The molecule has 29 heavy (non-hydrogen) atoms. The average molecular weight is 413 g/mol. The molecular formula is C21H21ClN4O3. The molecule has 0 aliphatic heterocycles. The van der Waals surface area contributed by atoms with Crippen molar-refractivity contribution in [1.29, 1.82) is 0 Å². The van der Waals surface area contributed by atoms with E-state index in [2.05, 4.69) is 15.6 Å². The van der Waals surface area contributed by atoms with Gasteiger partial charge in [-0.05, 0) is 50.6 Å². The molecule has 7 nitrogen and oxygen atoms in total. The van der Waals surface area contributed by atoms with E-state index in [0.29, 0.717) is 27.2 Å². The molecule has 0 saturated heterocycles. The molecule has 2 aromatic carbocycles. The molecule has 1 aromatic heterocycles. The summed E-state index contributed by atoms with van der Waals surface area (Å²) in [5.74, 6) is -0.721. The smallest absolute Gasteiger partial charge is 0.261 e. The van der Waals surface area contributed by atoms with Gasteiger partial charge in [0.2, 0.25) is 5.91 Å². The number of nitrogens with one attached hydrogen (secondary N) is 2. The average Bonchev–Trinajstić information content (AvgIpc) is 2.65. The van der Waals surface area contributed by atoms with Crippen LogP contribution >= 0.6 is 11.6 Å². The highest BCUT2D eigenvalue weighted by Crippen LogP contribution is 2.23. The van der Waals surface area contributed by atoms with E-state index >= 15 is 0 Å². The summed E-state index contributed by atoms with van der Waals surface area (Å²) in [6.07, 6.45) is 1.35. The van der Waals surface area contributed by atoms with Gasteiger partial charge in [0.25, 0.3) is 11.5 Å². The van der Waals surface area contributed by atoms with Crippen molar-refractivity contribution >= 4 is 40.0 Å². The van der Waals surface area contributed by atoms with Crippen LogP contribution in [0.25, 0.3) is 10.9 Å². The molecule has 0 radical (unpaired) electrons. The number of aryl methyl sites for hydroxylation is 1. The van der Waals surface area contributed by atoms with E-state index in [4.69, 9.17) is 11.6 Å². The van der Waals surface area contributed by atoms with Gasteiger partial charge >= 0.3 is 0 Å². The predicted octanol–water partition coefficient (Wildman–Crippen LogP) is 3.14. The number of carbonyl (C=O) groups is 2. The molecule has 0 spiro atoms. The molecular weight excluding hydrogens is 392 g/mol. The lowest BCUT2D eigenvalue weighted by atomic mass is 10.1. The largest absolute Gasteiger partial charge is 0.350 e. The van der Waals surface area contributed by atoms with Crippen LogP contribution in [0.5, 0.6) is 0 Å². The molecule has 0 aliphatic rings. The normalized spacial score (nSPS) is 10.9. The molecule has 2 amide bonds. The lowest BCUT2D eigenvalue weighted by Gasteiger charge is -2.12. The van der Waals surface area contributed by atoms with E-state index < -0.39 is 5.91 Å². The van der Waals surface area contributed by atoms with Crippen LogP contribution in [0, 0.1) is 6.92 Å². The van der Waals surface area contributed by atoms with Crippen LogP contribution in [0.2, 0.25) is 5.02 Å². The van der Waals surface area contributed by atoms with Crippen molar-refractivity contribution in [2.24, 2.45) is 0 Å². The van der Waals surface area contributed by atoms with Crippen LogP contribution in [0.4, 0.5) is 5.69 Å². The Morgan fingerprint density at radius 3 is 2.69 bits per heavy atom. The maximum absolute atomic E-state index is 12.6. The predicted molar refractivity (Wildman–Crippen MR) is 113 cm³/mol. The topological polar surface area (TPSA) is 93.1 Å². The molecule has 3 aromatic rings. The summed E-state index contributed by atoms with van der Waals surface area (Å²) in [5, 5.41) is 6.18. The van der Waals surface area contributed by atoms with Gasteiger partial charge in [0, 0.05) is 11.6 Å². The Kier molecular flexibility index (Phi) is 5.98. The number of hydrogen-bond donors (Lipinski definition) is 2. The summed E-state index contributed by atoms with van der Waals surface area (Å²) >= 11 is 6.15. The molecule has 0 unspecified atom stereocenters. The monoisotopic (exact) mass is 412 g/mol. The van der Waals surface area contributed by atoms with Gasteiger partial charge in [0.1, 0.15) is 6.54 Å². The van der Waals surface area contributed by atoms with E-state index in [1.165, 1.54) is 17.0 Å². The molecule has 2 N–H and O–H groups in total. The SMILES string of the molecule is Cc1cccc2c(=O)n(CC(=O)Nc3cc(C(=O)NC(C)C)ccc3Cl)cnc12. The first-order valence-electron chi connectivity index (χ1n) is 9.11. The zero-order chi connectivity index (χ0) is 21.1. The number of para-hydroxylation sites is 1. The molecule has 8 heteroatoms. The molecule has 0 aliphatic carbocycles. The highest BCUT2D eigenvalue weighted by atomic mass is 35.5. The molecule has 0 atom stereocenters. The van der Waals surface area contributed by atoms with Gasteiger partial charge in [0.15, 0.2) is 0 Å². The van der Waals surface area contributed by atoms with Crippen molar-refractivity contribution in [1.82, 2.24) is 14.9 Å². The number of carbonyl (C=O) groups excluding carboxylic acids is 2. The minimum Gasteiger partial charge on any atom is -0.350 e. The number of aromatic nitrogens is 2. The standard InChI is InChI=1S/C21H21ClN4O3/c1-12(2)24-20(28)14-7-8-16(22)17(9-14)25-18(27)10-26-11-23-19-13(3)5-4-6-15(19)21(26)29/h4-9,11-12H,10H2,1-3H3,(H,24,28)(H,25,27). The quantitative estimate of drug-likeness (QED) is 0.673. The fourth-order valence-corrected chi connectivity index (χ4v) is 3.07. The highest BCUT2D eigenvalue weighted by Gasteiger charge is 2.13. The van der Waals surface area contributed by atoms with E-state index in [1.54, 1.807) is 24.3 Å². The second-order valence-corrected chi connectivity index (χ2v) is 7.43. The summed E-state index contributed by atoms with van der Waals surface area (Å²) < 4.78 is 1.24. The van der Waals surface area contributed by atoms with E-state index in [9.17, 15) is 14.4 Å². The molecule has 3 rings (SSSR count). The molecule has 150 valence electrons. The van der Waals surface area contributed by atoms with Crippen molar-refractivity contribution in [2.45, 2.75) is 33.4 Å². The van der Waals surface area contributed by atoms with Crippen molar-refractivity contribution in [3.8, 4) is 0 Å². The van der Waals surface area contributed by atoms with Gasteiger partial charge in [-0.15, -0.1) is 0 Å². The van der Waals surface area contributed by atoms with E-state index in [0.717, 1.165) is 5.56 Å². The third-order valence-electron chi connectivity index (χ3n) is 4.29. The van der Waals surface area contributed by atoms with Crippen LogP contribution in [-0.4, -0.2) is 27.4 Å². The number of nitrogens with zero attached hydrogens (tertiary/aromatic N) is 2. The van der Waals surface area contributed by atoms with Crippen molar-refractivity contribution in [2.75, 3.05) is 5.32 Å².